The van der Waals surface area contributed by atoms with E-state index in [9.17, 15) is 24.3 Å². The molecule has 3 aromatic rings. The average molecular weight is 561 g/mol. The minimum atomic E-state index is -0.918. The maximum Gasteiger partial charge on any atom is 0.335 e. The molecule has 37 heavy (non-hydrogen) atoms. The van der Waals surface area contributed by atoms with Gasteiger partial charge in [0, 0.05) is 5.69 Å². The van der Waals surface area contributed by atoms with Gasteiger partial charge in [0.25, 0.3) is 17.7 Å². The third-order valence-electron chi connectivity index (χ3n) is 5.04. The topological polar surface area (TPSA) is 125 Å². The Morgan fingerprint density at radius 2 is 1.68 bits per heavy atom. The number of benzene rings is 3. The summed E-state index contributed by atoms with van der Waals surface area (Å²) in [5.74, 6) is -2.06. The molecule has 4 rings (SSSR count). The van der Waals surface area contributed by atoms with Crippen molar-refractivity contribution in [3.05, 3.63) is 86.9 Å². The molecular formula is C25H16Cl3N3O6. The number of anilines is 2. The fourth-order valence-electron chi connectivity index (χ4n) is 3.30. The lowest BCUT2D eigenvalue weighted by Gasteiger charge is -2.26. The summed E-state index contributed by atoms with van der Waals surface area (Å²) in [7, 11) is 0. The second kappa shape index (κ2) is 10.9. The number of aromatic hydroxyl groups is 1. The van der Waals surface area contributed by atoms with Crippen molar-refractivity contribution in [1.29, 1.82) is 0 Å². The minimum absolute atomic E-state index is 0.0516. The Morgan fingerprint density at radius 1 is 0.946 bits per heavy atom. The number of hydrogen-bond donors (Lipinski definition) is 3. The van der Waals surface area contributed by atoms with Gasteiger partial charge in [0.15, 0.2) is 6.61 Å². The Morgan fingerprint density at radius 3 is 2.35 bits per heavy atom. The molecule has 9 nitrogen and oxygen atoms in total. The van der Waals surface area contributed by atoms with Crippen molar-refractivity contribution in [3.8, 4) is 11.5 Å². The monoisotopic (exact) mass is 559 g/mol. The van der Waals surface area contributed by atoms with Crippen LogP contribution in [0.3, 0.4) is 0 Å². The number of rotatable bonds is 6. The Hall–Kier alpha value is -4.05. The predicted molar refractivity (Wildman–Crippen MR) is 139 cm³/mol. The van der Waals surface area contributed by atoms with Gasteiger partial charge in [0.05, 0.1) is 20.8 Å². The van der Waals surface area contributed by atoms with Crippen LogP contribution in [0.25, 0.3) is 6.08 Å². The standard InChI is InChI=1S/C25H16Cl3N3O6/c26-18-7-2-14(11-19(18)27)29-22(33)12-37-21-8-1-13(10-20(21)28)9-17-23(34)30-25(36)31(24(17)35)15-3-5-16(32)6-4-15/h1-11,32H,12H2,(H,29,33)(H,30,34,36)/b17-9-. The van der Waals surface area contributed by atoms with Gasteiger partial charge in [-0.1, -0.05) is 40.9 Å². The normalized spacial score (nSPS) is 14.5. The number of amides is 5. The summed E-state index contributed by atoms with van der Waals surface area (Å²) < 4.78 is 5.47. The van der Waals surface area contributed by atoms with E-state index in [0.29, 0.717) is 16.3 Å². The summed E-state index contributed by atoms with van der Waals surface area (Å²) in [6.45, 7) is -0.356. The highest BCUT2D eigenvalue weighted by Gasteiger charge is 2.36. The van der Waals surface area contributed by atoms with Crippen molar-refractivity contribution in [2.24, 2.45) is 0 Å². The fourth-order valence-corrected chi connectivity index (χ4v) is 3.84. The number of phenols is 1. The van der Waals surface area contributed by atoms with Gasteiger partial charge < -0.3 is 15.2 Å². The van der Waals surface area contributed by atoms with Crippen molar-refractivity contribution < 1.29 is 29.0 Å². The third-order valence-corrected chi connectivity index (χ3v) is 6.07. The number of urea groups is 1. The van der Waals surface area contributed by atoms with E-state index in [-0.39, 0.29) is 39.4 Å². The molecule has 1 aliphatic heterocycles. The first-order valence-corrected chi connectivity index (χ1v) is 11.6. The molecule has 188 valence electrons. The average Bonchev–Trinajstić information content (AvgIpc) is 2.84. The molecule has 1 saturated heterocycles. The van der Waals surface area contributed by atoms with E-state index in [1.165, 1.54) is 54.6 Å². The molecule has 12 heteroatoms. The van der Waals surface area contributed by atoms with Crippen molar-refractivity contribution >= 4 is 76.0 Å². The molecule has 1 aliphatic rings. The molecule has 1 fully saturated rings. The van der Waals surface area contributed by atoms with Gasteiger partial charge in [0.1, 0.15) is 17.1 Å². The number of imide groups is 2. The van der Waals surface area contributed by atoms with Crippen LogP contribution in [0.5, 0.6) is 11.5 Å². The number of ether oxygens (including phenoxy) is 1. The number of nitrogens with zero attached hydrogens (tertiary/aromatic N) is 1. The number of hydrogen-bond acceptors (Lipinski definition) is 6. The van der Waals surface area contributed by atoms with Crippen LogP contribution in [0.2, 0.25) is 15.1 Å². The number of carbonyl (C=O) groups excluding carboxylic acids is 4. The second-order valence-corrected chi connectivity index (χ2v) is 8.85. The third kappa shape index (κ3) is 6.03. The second-order valence-electron chi connectivity index (χ2n) is 7.63. The van der Waals surface area contributed by atoms with Crippen LogP contribution in [0.4, 0.5) is 16.2 Å². The quantitative estimate of drug-likeness (QED) is 0.287. The lowest BCUT2D eigenvalue weighted by Crippen LogP contribution is -2.54. The highest BCUT2D eigenvalue weighted by Crippen LogP contribution is 2.29. The molecule has 5 amide bonds. The van der Waals surface area contributed by atoms with Crippen LogP contribution in [0.15, 0.2) is 66.2 Å². The lowest BCUT2D eigenvalue weighted by molar-refractivity contribution is -0.122. The molecule has 0 aliphatic carbocycles. The smallest absolute Gasteiger partial charge is 0.335 e. The number of halogens is 3. The summed E-state index contributed by atoms with van der Waals surface area (Å²) in [6, 6.07) is 13.5. The zero-order valence-electron chi connectivity index (χ0n) is 18.6. The molecule has 0 saturated carbocycles. The van der Waals surface area contributed by atoms with E-state index in [1.807, 2.05) is 0 Å². The van der Waals surface area contributed by atoms with E-state index in [2.05, 4.69) is 10.6 Å². The Kier molecular flexibility index (Phi) is 7.68. The van der Waals surface area contributed by atoms with Crippen LogP contribution in [0, 0.1) is 0 Å². The number of barbiturate groups is 1. The number of carbonyl (C=O) groups is 4. The van der Waals surface area contributed by atoms with E-state index in [4.69, 9.17) is 39.5 Å². The minimum Gasteiger partial charge on any atom is -0.508 e. The van der Waals surface area contributed by atoms with Gasteiger partial charge >= 0.3 is 6.03 Å². The van der Waals surface area contributed by atoms with Crippen molar-refractivity contribution in [1.82, 2.24) is 5.32 Å². The van der Waals surface area contributed by atoms with Crippen LogP contribution in [0.1, 0.15) is 5.56 Å². The molecule has 0 spiro atoms. The van der Waals surface area contributed by atoms with Gasteiger partial charge in [-0.2, -0.15) is 0 Å². The zero-order valence-corrected chi connectivity index (χ0v) is 20.9. The molecule has 3 aromatic carbocycles. The maximum absolute atomic E-state index is 13.0. The van der Waals surface area contributed by atoms with E-state index in [0.717, 1.165) is 4.90 Å². The Labute approximate surface area is 225 Å². The van der Waals surface area contributed by atoms with Crippen LogP contribution >= 0.6 is 34.8 Å². The molecule has 0 atom stereocenters. The Balaban J connectivity index is 1.46. The van der Waals surface area contributed by atoms with Crippen molar-refractivity contribution in [2.75, 3.05) is 16.8 Å². The molecule has 1 heterocycles. The first kappa shape index (κ1) is 26.0. The Bertz CT molecular complexity index is 1460. The molecule has 0 unspecified atom stereocenters. The maximum atomic E-state index is 13.0. The molecule has 0 radical (unpaired) electrons. The first-order chi connectivity index (χ1) is 17.6. The summed E-state index contributed by atoms with van der Waals surface area (Å²) in [5.41, 5.74) is 0.667. The number of nitrogens with one attached hydrogen (secondary N) is 2. The summed E-state index contributed by atoms with van der Waals surface area (Å²) in [4.78, 5) is 50.6. The summed E-state index contributed by atoms with van der Waals surface area (Å²) in [6.07, 6.45) is 1.27. The largest absolute Gasteiger partial charge is 0.508 e. The highest BCUT2D eigenvalue weighted by molar-refractivity contribution is 6.42. The van der Waals surface area contributed by atoms with Gasteiger partial charge in [-0.25, -0.2) is 9.69 Å². The van der Waals surface area contributed by atoms with E-state index < -0.39 is 23.8 Å². The van der Waals surface area contributed by atoms with Crippen LogP contribution in [-0.4, -0.2) is 35.5 Å². The highest BCUT2D eigenvalue weighted by atomic mass is 35.5. The van der Waals surface area contributed by atoms with E-state index in [1.54, 1.807) is 12.1 Å². The van der Waals surface area contributed by atoms with Gasteiger partial charge in [0.2, 0.25) is 0 Å². The molecule has 3 N–H and O–H groups in total. The van der Waals surface area contributed by atoms with Crippen molar-refractivity contribution in [3.63, 3.8) is 0 Å². The summed E-state index contributed by atoms with van der Waals surface area (Å²) >= 11 is 18.1. The molecular weight excluding hydrogens is 545 g/mol. The predicted octanol–water partition coefficient (Wildman–Crippen LogP) is 5.04. The van der Waals surface area contributed by atoms with Crippen molar-refractivity contribution in [2.45, 2.75) is 0 Å². The molecule has 0 bridgehead atoms. The summed E-state index contributed by atoms with van der Waals surface area (Å²) in [5, 5.41) is 14.9. The lowest BCUT2D eigenvalue weighted by atomic mass is 10.1. The van der Waals surface area contributed by atoms with Gasteiger partial charge in [-0.3, -0.25) is 19.7 Å². The van der Waals surface area contributed by atoms with Gasteiger partial charge in [-0.05, 0) is 66.2 Å². The van der Waals surface area contributed by atoms with E-state index >= 15 is 0 Å². The zero-order chi connectivity index (χ0) is 26.7. The number of phenolic OH excluding ortho intramolecular Hbond substituents is 1. The molecule has 0 aromatic heterocycles. The van der Waals surface area contributed by atoms with Gasteiger partial charge in [-0.15, -0.1) is 0 Å². The first-order valence-electron chi connectivity index (χ1n) is 10.5. The SMILES string of the molecule is O=C(COc1ccc(/C=C2/C(=O)NC(=O)N(c3ccc(O)cc3)C2=O)cc1Cl)Nc1ccc(Cl)c(Cl)c1. The van der Waals surface area contributed by atoms with Crippen LogP contribution < -0.4 is 20.3 Å². The van der Waals surface area contributed by atoms with Crippen LogP contribution in [-0.2, 0) is 14.4 Å². The fraction of sp³-hybridized carbons (Fsp3) is 0.0400.